The van der Waals surface area contributed by atoms with E-state index in [-0.39, 0.29) is 128 Å². The van der Waals surface area contributed by atoms with E-state index in [9.17, 15) is 58.8 Å². The zero-order chi connectivity index (χ0) is 58.8. The minimum Gasteiger partial charge on any atom is -0.469 e. The Hall–Kier alpha value is -6.20. The van der Waals surface area contributed by atoms with Crippen molar-refractivity contribution in [3.63, 3.8) is 0 Å². The van der Waals surface area contributed by atoms with Gasteiger partial charge in [0.25, 0.3) is 0 Å². The van der Waals surface area contributed by atoms with Gasteiger partial charge in [-0.3, -0.25) is 19.2 Å². The van der Waals surface area contributed by atoms with E-state index >= 15 is 0 Å². The quantitative estimate of drug-likeness (QED) is 0.102. The summed E-state index contributed by atoms with van der Waals surface area (Å²) >= 11 is 0. The van der Waals surface area contributed by atoms with Gasteiger partial charge < -0.3 is 67.5 Å². The van der Waals surface area contributed by atoms with Gasteiger partial charge in [0.15, 0.2) is 46.2 Å². The molecular weight excluding hydrogens is 1020 g/mol. The van der Waals surface area contributed by atoms with E-state index in [2.05, 4.69) is 0 Å². The van der Waals surface area contributed by atoms with Crippen LogP contribution in [0.2, 0.25) is 0 Å². The minimum atomic E-state index is -2.18. The van der Waals surface area contributed by atoms with Crippen molar-refractivity contribution in [2.24, 2.45) is 29.6 Å². The summed E-state index contributed by atoms with van der Waals surface area (Å²) in [5.74, 6) is -13.0. The van der Waals surface area contributed by atoms with E-state index < -0.39 is 52.9 Å². The number of carbonyl (C=O) groups excluding carboxylic acids is 8. The number of esters is 4. The van der Waals surface area contributed by atoms with Gasteiger partial charge >= 0.3 is 47.0 Å². The second kappa shape index (κ2) is 29.7. The second-order valence-electron chi connectivity index (χ2n) is 19.8. The monoisotopic (exact) mass is 1100 g/mol. The lowest BCUT2D eigenvalue weighted by Crippen LogP contribution is -2.48. The van der Waals surface area contributed by atoms with Gasteiger partial charge in [-0.1, -0.05) is 33.1 Å². The molecule has 5 aliphatic rings. The van der Waals surface area contributed by atoms with Gasteiger partial charge in [-0.15, -0.1) is 0 Å². The lowest BCUT2D eigenvalue weighted by Gasteiger charge is -2.38. The number of aliphatic hydroxyl groups is 4. The molecule has 4 N–H and O–H groups in total. The van der Waals surface area contributed by atoms with Crippen molar-refractivity contribution in [2.45, 2.75) is 169 Å². The number of ether oxygens (including phenoxy) is 9. The molecular formula is C56H80O22. The first-order chi connectivity index (χ1) is 36.6. The Kier molecular flexibility index (Phi) is 25.1. The predicted molar refractivity (Wildman–Crippen MR) is 274 cm³/mol. The maximum absolute atomic E-state index is 12.0. The highest BCUT2D eigenvalue weighted by Crippen LogP contribution is 2.41. The maximum Gasteiger partial charge on any atom is 0.379 e. The standard InChI is InChI=1S/C16H24O5.C14H16O6.C13H20O6.C13H20O5/c1-3-20-15(18)16(19)10-13(9-14(21-16)11(2)17)12-7-5-4-6-8-12;1-3-18-13(16)14(17)8-10(11-5-4-6-19-11)7-12(20-14)9(2)15;1-5-18-12(15)13(16)7-10(9(3)17-4)6-11(19-13)8(2)14;1-5-17-12(15)13(16)7-10(8(2)3)6-11(18-13)9(4)14/h9,12-13,19H,3-8,10H2,1-2H3;4-7,10,17H,3,8H2,1-2H3;6,9-10,16H,5,7H2,1-4H3;6,8,10,16H,5,7H2,1-4H3. The molecule has 0 bridgehead atoms. The average molecular weight is 1110 g/mol. The molecule has 0 amide bonds. The van der Waals surface area contributed by atoms with Crippen LogP contribution in [0.4, 0.5) is 0 Å². The first-order valence-electron chi connectivity index (χ1n) is 26.4. The molecule has 9 atom stereocenters. The van der Waals surface area contributed by atoms with E-state index in [1.54, 1.807) is 65.0 Å². The van der Waals surface area contributed by atoms with Crippen LogP contribution >= 0.6 is 0 Å². The Labute approximate surface area is 455 Å². The first kappa shape index (κ1) is 66.1. The van der Waals surface area contributed by atoms with Crippen molar-refractivity contribution < 1.29 is 106 Å². The fraction of sp³-hybridized carbons (Fsp3) is 0.643. The normalized spacial score (nSPS) is 27.9. The number of Topliss-reactive ketones (excluding diaryl/α,β-unsaturated/α-hetero) is 4. The van der Waals surface area contributed by atoms with E-state index in [0.29, 0.717) is 11.7 Å². The van der Waals surface area contributed by atoms with Crippen LogP contribution in [0, 0.1) is 29.6 Å². The number of hydrogen-bond acceptors (Lipinski definition) is 22. The van der Waals surface area contributed by atoms with Crippen LogP contribution in [-0.4, -0.2) is 130 Å². The highest BCUT2D eigenvalue weighted by Gasteiger charge is 2.51. The third kappa shape index (κ3) is 18.2. The van der Waals surface area contributed by atoms with E-state index in [1.807, 2.05) is 13.8 Å². The molecule has 0 spiro atoms. The van der Waals surface area contributed by atoms with Crippen molar-refractivity contribution in [1.29, 1.82) is 0 Å². The van der Waals surface area contributed by atoms with Crippen LogP contribution in [0.3, 0.4) is 0 Å². The number of carbonyl (C=O) groups is 8. The summed E-state index contributed by atoms with van der Waals surface area (Å²) in [4.78, 5) is 93.2. The molecule has 78 heavy (non-hydrogen) atoms. The molecule has 22 heteroatoms. The number of methoxy groups -OCH3 is 1. The van der Waals surface area contributed by atoms with Gasteiger partial charge in [-0.25, -0.2) is 19.2 Å². The molecule has 436 valence electrons. The summed E-state index contributed by atoms with van der Waals surface area (Å²) in [6.07, 6.45) is 13.6. The molecule has 9 unspecified atom stereocenters. The Bertz CT molecular complexity index is 2380. The molecule has 22 nitrogen and oxygen atoms in total. The smallest absolute Gasteiger partial charge is 0.379 e. The fourth-order valence-corrected chi connectivity index (χ4v) is 8.98. The van der Waals surface area contributed by atoms with Crippen LogP contribution in [-0.2, 0) is 81.0 Å². The molecule has 5 heterocycles. The van der Waals surface area contributed by atoms with Crippen LogP contribution in [0.5, 0.6) is 0 Å². The SMILES string of the molecule is CCOC(=O)C1(O)CC(C(C)C)C=C(C(C)=O)O1.CCOC(=O)C1(O)CC(C(C)OC)C=C(C(C)=O)O1.CCOC(=O)C1(O)CC(C2CCCCC2)C=C(C(C)=O)O1.CCOC(=O)C1(O)CC(c2ccco2)C=C(C(C)=O)O1. The topological polar surface area (TPSA) is 314 Å². The fourth-order valence-electron chi connectivity index (χ4n) is 8.98. The highest BCUT2D eigenvalue weighted by atomic mass is 16.7. The van der Waals surface area contributed by atoms with Crippen LogP contribution in [0.15, 0.2) is 70.2 Å². The van der Waals surface area contributed by atoms with Crippen molar-refractivity contribution in [3.8, 4) is 0 Å². The Morgan fingerprint density at radius 2 is 0.910 bits per heavy atom. The van der Waals surface area contributed by atoms with Crippen LogP contribution < -0.4 is 0 Å². The number of ketones is 4. The van der Waals surface area contributed by atoms with Crippen molar-refractivity contribution in [1.82, 2.24) is 0 Å². The summed E-state index contributed by atoms with van der Waals surface area (Å²) in [5, 5.41) is 41.3. The lowest BCUT2D eigenvalue weighted by atomic mass is 9.76. The highest BCUT2D eigenvalue weighted by molar-refractivity contribution is 5.94. The lowest BCUT2D eigenvalue weighted by molar-refractivity contribution is -0.226. The zero-order valence-corrected chi connectivity index (χ0v) is 46.9. The predicted octanol–water partition coefficient (Wildman–Crippen LogP) is 6.02. The second-order valence-corrected chi connectivity index (χ2v) is 19.8. The van der Waals surface area contributed by atoms with E-state index in [1.165, 1.54) is 53.6 Å². The molecule has 0 radical (unpaired) electrons. The largest absolute Gasteiger partial charge is 0.469 e. The molecule has 1 saturated carbocycles. The maximum atomic E-state index is 12.0. The number of hydrogen-bond donors (Lipinski definition) is 4. The third-order valence-corrected chi connectivity index (χ3v) is 13.4. The van der Waals surface area contributed by atoms with Crippen LogP contribution in [0.1, 0.15) is 146 Å². The molecule has 4 aliphatic heterocycles. The number of allylic oxidation sites excluding steroid dienone is 7. The molecule has 1 aromatic rings. The van der Waals surface area contributed by atoms with Gasteiger partial charge in [0.05, 0.1) is 38.8 Å². The van der Waals surface area contributed by atoms with Gasteiger partial charge in [0, 0.05) is 72.3 Å². The average Bonchev–Trinajstić information content (AvgIpc) is 3.95. The van der Waals surface area contributed by atoms with Gasteiger partial charge in [0.1, 0.15) is 5.76 Å². The van der Waals surface area contributed by atoms with Gasteiger partial charge in [-0.2, -0.15) is 0 Å². The number of furan rings is 1. The summed E-state index contributed by atoms with van der Waals surface area (Å²) in [6, 6.07) is 3.39. The molecule has 0 saturated heterocycles. The van der Waals surface area contributed by atoms with Crippen molar-refractivity contribution in [2.75, 3.05) is 33.5 Å². The molecule has 0 aromatic carbocycles. The number of rotatable bonds is 17. The van der Waals surface area contributed by atoms with Crippen molar-refractivity contribution in [3.05, 3.63) is 71.5 Å². The summed E-state index contributed by atoms with van der Waals surface area (Å²) in [6.45, 7) is 18.1. The zero-order valence-electron chi connectivity index (χ0n) is 46.9. The molecule has 1 aromatic heterocycles. The first-order valence-corrected chi connectivity index (χ1v) is 26.4. The summed E-state index contributed by atoms with van der Waals surface area (Å²) in [7, 11) is 1.52. The van der Waals surface area contributed by atoms with Gasteiger partial charge in [0.2, 0.25) is 0 Å². The van der Waals surface area contributed by atoms with E-state index in [4.69, 9.17) is 47.0 Å². The van der Waals surface area contributed by atoms with E-state index in [0.717, 1.165) is 25.7 Å². The molecule has 6 rings (SSSR count). The summed E-state index contributed by atoms with van der Waals surface area (Å²) in [5.41, 5.74) is 0. The minimum absolute atomic E-state index is 0.0163. The Morgan fingerprint density at radius 3 is 1.28 bits per heavy atom. The summed E-state index contributed by atoms with van der Waals surface area (Å²) < 4.78 is 50.3. The van der Waals surface area contributed by atoms with Crippen molar-refractivity contribution >= 4 is 47.0 Å². The molecule has 1 aliphatic carbocycles. The Morgan fingerprint density at radius 1 is 0.538 bits per heavy atom. The van der Waals surface area contributed by atoms with Crippen LogP contribution in [0.25, 0.3) is 0 Å². The third-order valence-electron chi connectivity index (χ3n) is 13.4. The molecule has 1 fully saturated rings. The van der Waals surface area contributed by atoms with Gasteiger partial charge in [-0.05, 0) is 108 Å². The Balaban J connectivity index is 0.000000274.